The number of rotatable bonds is 10. The quantitative estimate of drug-likeness (QED) is 0.487. The van der Waals surface area contributed by atoms with Crippen LogP contribution in [-0.4, -0.2) is 26.2 Å². The third-order valence-electron chi connectivity index (χ3n) is 2.89. The largest absolute Gasteiger partial charge is 0.469 e. The van der Waals surface area contributed by atoms with Crippen LogP contribution in [0.15, 0.2) is 22.8 Å². The van der Waals surface area contributed by atoms with Crippen molar-refractivity contribution in [3.63, 3.8) is 0 Å². The second-order valence-electron chi connectivity index (χ2n) is 4.31. The molecule has 0 amide bonds. The molecule has 0 fully saturated rings. The van der Waals surface area contributed by atoms with Gasteiger partial charge in [0.05, 0.1) is 6.26 Å². The van der Waals surface area contributed by atoms with E-state index in [2.05, 4.69) is 0 Å². The summed E-state index contributed by atoms with van der Waals surface area (Å²) in [7, 11) is -0.612. The topological polar surface area (TPSA) is 65.7 Å². The smallest absolute Gasteiger partial charge is 0.337 e. The fraction of sp³-hybridized carbons (Fsp3) is 0.615. The van der Waals surface area contributed by atoms with Crippen LogP contribution in [-0.2, 0) is 24.8 Å². The summed E-state index contributed by atoms with van der Waals surface area (Å²) in [6.07, 6.45) is 5.52. The minimum atomic E-state index is -3.20. The van der Waals surface area contributed by atoms with Crippen LogP contribution in [0.5, 0.6) is 0 Å². The van der Waals surface area contributed by atoms with Crippen molar-refractivity contribution in [2.24, 2.45) is 0 Å². The van der Waals surface area contributed by atoms with E-state index < -0.39 is 7.60 Å². The molecule has 6 heteroatoms. The maximum absolute atomic E-state index is 11.7. The van der Waals surface area contributed by atoms with Crippen molar-refractivity contribution in [1.29, 1.82) is 0 Å². The first-order valence-corrected chi connectivity index (χ1v) is 8.07. The average molecular weight is 288 g/mol. The average Bonchev–Trinajstić information content (AvgIpc) is 2.91. The molecule has 0 N–H and O–H groups in total. The van der Waals surface area contributed by atoms with Gasteiger partial charge in [-0.25, -0.2) is 0 Å². The standard InChI is InChI=1S/C13H21O5P/c1-16-19(15,17-2)11-12(14)7-4-3-5-8-13-9-6-10-18-13/h6,9-10H,3-5,7-8,11H2,1-2H3. The number of aryl methyl sites for hydroxylation is 1. The van der Waals surface area contributed by atoms with Gasteiger partial charge in [-0.1, -0.05) is 6.42 Å². The fourth-order valence-electron chi connectivity index (χ4n) is 1.75. The van der Waals surface area contributed by atoms with Gasteiger partial charge in [0, 0.05) is 27.1 Å². The summed E-state index contributed by atoms with van der Waals surface area (Å²) < 4.78 is 26.4. The molecule has 0 bridgehead atoms. The second kappa shape index (κ2) is 8.31. The van der Waals surface area contributed by atoms with E-state index in [4.69, 9.17) is 13.5 Å². The highest BCUT2D eigenvalue weighted by atomic mass is 31.2. The third-order valence-corrected chi connectivity index (χ3v) is 4.74. The Morgan fingerprint density at radius 2 is 2.00 bits per heavy atom. The molecule has 0 aliphatic heterocycles. The van der Waals surface area contributed by atoms with Crippen LogP contribution in [0.3, 0.4) is 0 Å². The molecule has 0 aliphatic carbocycles. The van der Waals surface area contributed by atoms with E-state index >= 15 is 0 Å². The molecule has 5 nitrogen and oxygen atoms in total. The maximum atomic E-state index is 11.7. The summed E-state index contributed by atoms with van der Waals surface area (Å²) in [4.78, 5) is 11.6. The number of ketones is 1. The van der Waals surface area contributed by atoms with E-state index in [0.717, 1.165) is 31.4 Å². The first kappa shape index (κ1) is 16.2. The molecule has 0 saturated carbocycles. The molecule has 0 radical (unpaired) electrons. The number of Topliss-reactive ketones (excluding diaryl/α,β-unsaturated/α-hetero) is 1. The molecule has 0 aromatic carbocycles. The summed E-state index contributed by atoms with van der Waals surface area (Å²) in [6, 6.07) is 3.81. The molecule has 19 heavy (non-hydrogen) atoms. The van der Waals surface area contributed by atoms with Gasteiger partial charge in [-0.05, 0) is 25.0 Å². The zero-order chi connectivity index (χ0) is 14.1. The summed E-state index contributed by atoms with van der Waals surface area (Å²) >= 11 is 0. The third kappa shape index (κ3) is 6.19. The van der Waals surface area contributed by atoms with E-state index in [1.807, 2.05) is 12.1 Å². The first-order chi connectivity index (χ1) is 9.09. The van der Waals surface area contributed by atoms with Crippen molar-refractivity contribution >= 4 is 13.4 Å². The molecule has 0 unspecified atom stereocenters. The highest BCUT2D eigenvalue weighted by molar-refractivity contribution is 7.54. The van der Waals surface area contributed by atoms with Crippen molar-refractivity contribution in [3.8, 4) is 0 Å². The number of hydrogen-bond acceptors (Lipinski definition) is 5. The zero-order valence-corrected chi connectivity index (χ0v) is 12.4. The monoisotopic (exact) mass is 288 g/mol. The molecule has 108 valence electrons. The predicted octanol–water partition coefficient (Wildman–Crippen LogP) is 3.44. The number of carbonyl (C=O) groups is 1. The minimum absolute atomic E-state index is 0.0787. The highest BCUT2D eigenvalue weighted by Gasteiger charge is 2.24. The van der Waals surface area contributed by atoms with E-state index in [1.165, 1.54) is 14.2 Å². The molecule has 1 aromatic heterocycles. The molecule has 0 spiro atoms. The molecular formula is C13H21O5P. The molecule has 0 atom stereocenters. The highest BCUT2D eigenvalue weighted by Crippen LogP contribution is 2.46. The number of unbranched alkanes of at least 4 members (excludes halogenated alkanes) is 2. The predicted molar refractivity (Wildman–Crippen MR) is 72.4 cm³/mol. The molecular weight excluding hydrogens is 267 g/mol. The second-order valence-corrected chi connectivity index (χ2v) is 6.58. The van der Waals surface area contributed by atoms with Crippen LogP contribution >= 0.6 is 7.60 Å². The molecule has 0 aliphatic rings. The fourth-order valence-corrected chi connectivity index (χ4v) is 2.75. The normalized spacial score (nSPS) is 11.7. The molecule has 1 rings (SSSR count). The molecule has 0 saturated heterocycles. The maximum Gasteiger partial charge on any atom is 0.337 e. The Morgan fingerprint density at radius 1 is 1.26 bits per heavy atom. The first-order valence-electron chi connectivity index (χ1n) is 6.34. The molecule has 1 aromatic rings. The Balaban J connectivity index is 2.12. The lowest BCUT2D eigenvalue weighted by Gasteiger charge is -2.12. The summed E-state index contributed by atoms with van der Waals surface area (Å²) in [6.45, 7) is 0. The van der Waals surface area contributed by atoms with Crippen molar-refractivity contribution in [1.82, 2.24) is 0 Å². The lowest BCUT2D eigenvalue weighted by atomic mass is 10.1. The van der Waals surface area contributed by atoms with Crippen LogP contribution in [0.2, 0.25) is 0 Å². The Kier molecular flexibility index (Phi) is 7.06. The Morgan fingerprint density at radius 3 is 2.58 bits per heavy atom. The summed E-state index contributed by atoms with van der Waals surface area (Å²) in [5.41, 5.74) is 0. The van der Waals surface area contributed by atoms with Crippen LogP contribution in [0.25, 0.3) is 0 Å². The number of furan rings is 1. The van der Waals surface area contributed by atoms with Gasteiger partial charge in [0.1, 0.15) is 17.7 Å². The van der Waals surface area contributed by atoms with E-state index in [-0.39, 0.29) is 11.9 Å². The summed E-state index contributed by atoms with van der Waals surface area (Å²) in [5, 5.41) is 0. The lowest BCUT2D eigenvalue weighted by Crippen LogP contribution is -2.07. The van der Waals surface area contributed by atoms with E-state index in [1.54, 1.807) is 6.26 Å². The van der Waals surface area contributed by atoms with Gasteiger partial charge in [-0.3, -0.25) is 9.36 Å². The molecule has 1 heterocycles. The van der Waals surface area contributed by atoms with Gasteiger partial charge < -0.3 is 13.5 Å². The van der Waals surface area contributed by atoms with Crippen molar-refractivity contribution in [2.75, 3.05) is 20.4 Å². The van der Waals surface area contributed by atoms with Gasteiger partial charge in [0.25, 0.3) is 0 Å². The van der Waals surface area contributed by atoms with Crippen LogP contribution in [0.4, 0.5) is 0 Å². The Hall–Kier alpha value is -0.900. The van der Waals surface area contributed by atoms with Crippen LogP contribution in [0.1, 0.15) is 31.4 Å². The van der Waals surface area contributed by atoms with Gasteiger partial charge in [-0.15, -0.1) is 0 Å². The van der Waals surface area contributed by atoms with Gasteiger partial charge >= 0.3 is 7.60 Å². The van der Waals surface area contributed by atoms with Crippen LogP contribution in [0, 0.1) is 0 Å². The van der Waals surface area contributed by atoms with E-state index in [9.17, 15) is 9.36 Å². The van der Waals surface area contributed by atoms with Gasteiger partial charge in [0.2, 0.25) is 0 Å². The number of hydrogen-bond donors (Lipinski definition) is 0. The Labute approximate surface area is 113 Å². The SMILES string of the molecule is COP(=O)(CC(=O)CCCCCc1ccco1)OC. The van der Waals surface area contributed by atoms with Gasteiger partial charge in [0.15, 0.2) is 0 Å². The van der Waals surface area contributed by atoms with Gasteiger partial charge in [-0.2, -0.15) is 0 Å². The van der Waals surface area contributed by atoms with Crippen molar-refractivity contribution in [3.05, 3.63) is 24.2 Å². The lowest BCUT2D eigenvalue weighted by molar-refractivity contribution is -0.117. The Bertz CT molecular complexity index is 405. The summed E-state index contributed by atoms with van der Waals surface area (Å²) in [5.74, 6) is 0.889. The minimum Gasteiger partial charge on any atom is -0.469 e. The van der Waals surface area contributed by atoms with E-state index in [0.29, 0.717) is 6.42 Å². The van der Waals surface area contributed by atoms with Crippen molar-refractivity contribution < 1.29 is 22.8 Å². The van der Waals surface area contributed by atoms with Crippen molar-refractivity contribution in [2.45, 2.75) is 32.1 Å². The van der Waals surface area contributed by atoms with Crippen LogP contribution < -0.4 is 0 Å². The number of carbonyl (C=O) groups excluding carboxylic acids is 1. The zero-order valence-electron chi connectivity index (χ0n) is 11.5.